The Balaban J connectivity index is 1.49. The second kappa shape index (κ2) is 14.9. The van der Waals surface area contributed by atoms with Gasteiger partial charge in [0.05, 0.1) is 24.6 Å². The molecule has 0 fully saturated rings. The van der Waals surface area contributed by atoms with Gasteiger partial charge in [-0.2, -0.15) is 0 Å². The van der Waals surface area contributed by atoms with Gasteiger partial charge in [0.25, 0.3) is 0 Å². The molecule has 1 heterocycles. The van der Waals surface area contributed by atoms with Gasteiger partial charge in [0.15, 0.2) is 5.16 Å². The first-order valence-corrected chi connectivity index (χ1v) is 12.2. The molecule has 0 saturated carbocycles. The molecule has 0 spiro atoms. The van der Waals surface area contributed by atoms with E-state index in [1.165, 1.54) is 63.1 Å². The molecule has 1 aromatic heterocycles. The summed E-state index contributed by atoms with van der Waals surface area (Å²) >= 11 is 7.43. The van der Waals surface area contributed by atoms with Crippen LogP contribution in [0.5, 0.6) is 0 Å². The molecule has 2 aromatic rings. The summed E-state index contributed by atoms with van der Waals surface area (Å²) in [6.45, 7) is 3.37. The highest BCUT2D eigenvalue weighted by molar-refractivity contribution is 7.99. The van der Waals surface area contributed by atoms with Crippen molar-refractivity contribution in [3.8, 4) is 11.3 Å². The number of hydrogen-bond acceptors (Lipinski definition) is 4. The van der Waals surface area contributed by atoms with Gasteiger partial charge in [-0.3, -0.25) is 0 Å². The second-order valence-corrected chi connectivity index (χ2v) is 8.92. The van der Waals surface area contributed by atoms with Gasteiger partial charge in [-0.05, 0) is 24.1 Å². The number of aromatic nitrogens is 2. The Bertz CT molecular complexity index is 663. The maximum atomic E-state index is 10.1. The quantitative estimate of drug-likeness (QED) is 0.225. The fraction of sp³-hybridized carbons (Fsp3) is 0.609. The number of aliphatic hydroxyl groups excluding tert-OH is 1. The van der Waals surface area contributed by atoms with Gasteiger partial charge >= 0.3 is 0 Å². The number of nitrogens with one attached hydrogen (secondary N) is 1. The number of rotatable bonds is 16. The first kappa shape index (κ1) is 24.3. The average Bonchev–Trinajstić information content (AvgIpc) is 3.20. The molecule has 29 heavy (non-hydrogen) atoms. The van der Waals surface area contributed by atoms with Crippen LogP contribution in [-0.4, -0.2) is 40.1 Å². The number of ether oxygens (including phenoxy) is 1. The lowest BCUT2D eigenvalue weighted by atomic mass is 10.1. The zero-order chi connectivity index (χ0) is 20.7. The number of hydrogen-bond donors (Lipinski definition) is 2. The first-order valence-electron chi connectivity index (χ1n) is 10.9. The van der Waals surface area contributed by atoms with E-state index in [1.807, 2.05) is 24.3 Å². The normalized spacial score (nSPS) is 12.4. The van der Waals surface area contributed by atoms with Crippen molar-refractivity contribution >= 4 is 23.4 Å². The monoisotopic (exact) mass is 438 g/mol. The maximum Gasteiger partial charge on any atom is 0.165 e. The molecule has 0 aliphatic carbocycles. The number of aromatic amines is 1. The lowest BCUT2D eigenvalue weighted by molar-refractivity contribution is 0.0467. The number of unbranched alkanes of at least 4 members (excludes halogenated alkanes) is 8. The third-order valence-electron chi connectivity index (χ3n) is 4.82. The van der Waals surface area contributed by atoms with Crippen molar-refractivity contribution in [2.45, 2.75) is 76.0 Å². The van der Waals surface area contributed by atoms with E-state index in [0.29, 0.717) is 17.4 Å². The smallest absolute Gasteiger partial charge is 0.165 e. The summed E-state index contributed by atoms with van der Waals surface area (Å²) in [6, 6.07) is 7.64. The molecular formula is C23H35ClN2O2S. The molecule has 1 unspecified atom stereocenters. The highest BCUT2D eigenvalue weighted by Crippen LogP contribution is 2.23. The maximum absolute atomic E-state index is 10.1. The lowest BCUT2D eigenvalue weighted by Gasteiger charge is -2.10. The van der Waals surface area contributed by atoms with E-state index >= 15 is 0 Å². The van der Waals surface area contributed by atoms with Crippen LogP contribution in [-0.2, 0) is 4.74 Å². The van der Waals surface area contributed by atoms with Gasteiger partial charge in [-0.1, -0.05) is 93.8 Å². The van der Waals surface area contributed by atoms with E-state index in [0.717, 1.165) is 29.4 Å². The van der Waals surface area contributed by atoms with Gasteiger partial charge in [0.2, 0.25) is 0 Å². The van der Waals surface area contributed by atoms with Crippen molar-refractivity contribution in [2.75, 3.05) is 19.0 Å². The zero-order valence-corrected chi connectivity index (χ0v) is 19.1. The van der Waals surface area contributed by atoms with Crippen LogP contribution in [0.25, 0.3) is 11.3 Å². The number of nitrogens with zero attached hydrogens (tertiary/aromatic N) is 1. The van der Waals surface area contributed by atoms with Crippen molar-refractivity contribution in [3.63, 3.8) is 0 Å². The fourth-order valence-electron chi connectivity index (χ4n) is 3.11. The van der Waals surface area contributed by atoms with Crippen LogP contribution in [0.3, 0.4) is 0 Å². The van der Waals surface area contributed by atoms with Crippen LogP contribution in [0.1, 0.15) is 64.7 Å². The average molecular weight is 439 g/mol. The number of halogens is 1. The minimum atomic E-state index is -0.484. The second-order valence-electron chi connectivity index (χ2n) is 7.48. The van der Waals surface area contributed by atoms with E-state index in [4.69, 9.17) is 16.3 Å². The minimum Gasteiger partial charge on any atom is -0.390 e. The lowest BCUT2D eigenvalue weighted by Crippen LogP contribution is -2.18. The number of imidazole rings is 1. The van der Waals surface area contributed by atoms with Crippen molar-refractivity contribution < 1.29 is 9.84 Å². The summed E-state index contributed by atoms with van der Waals surface area (Å²) < 4.78 is 5.62. The molecule has 2 N–H and O–H groups in total. The largest absolute Gasteiger partial charge is 0.390 e. The van der Waals surface area contributed by atoms with E-state index in [9.17, 15) is 5.11 Å². The Morgan fingerprint density at radius 3 is 2.38 bits per heavy atom. The van der Waals surface area contributed by atoms with E-state index < -0.39 is 6.10 Å². The molecule has 2 rings (SSSR count). The highest BCUT2D eigenvalue weighted by Gasteiger charge is 2.09. The Labute approximate surface area is 184 Å². The SMILES string of the molecule is CCCCCCCCCCCOCC(O)CSc1ncc(-c2ccc(Cl)cc2)[nH]1. The summed E-state index contributed by atoms with van der Waals surface area (Å²) in [6.07, 6.45) is 13.1. The molecule has 0 bridgehead atoms. The Hall–Kier alpha value is -1.01. The van der Waals surface area contributed by atoms with Crippen LogP contribution in [0.2, 0.25) is 5.02 Å². The minimum absolute atomic E-state index is 0.384. The van der Waals surface area contributed by atoms with Crippen LogP contribution in [0.15, 0.2) is 35.6 Å². The summed E-state index contributed by atoms with van der Waals surface area (Å²) in [5, 5.41) is 11.6. The van der Waals surface area contributed by atoms with E-state index in [-0.39, 0.29) is 0 Å². The van der Waals surface area contributed by atoms with Crippen LogP contribution in [0.4, 0.5) is 0 Å². The van der Waals surface area contributed by atoms with Crippen molar-refractivity contribution in [3.05, 3.63) is 35.5 Å². The summed E-state index contributed by atoms with van der Waals surface area (Å²) in [5.41, 5.74) is 1.99. The number of aliphatic hydroxyl groups is 1. The number of thioether (sulfide) groups is 1. The van der Waals surface area contributed by atoms with Crippen LogP contribution < -0.4 is 0 Å². The van der Waals surface area contributed by atoms with E-state index in [2.05, 4.69) is 16.9 Å². The summed E-state index contributed by atoms with van der Waals surface area (Å²) in [4.78, 5) is 7.64. The van der Waals surface area contributed by atoms with Crippen molar-refractivity contribution in [1.29, 1.82) is 0 Å². The molecule has 6 heteroatoms. The van der Waals surface area contributed by atoms with Gasteiger partial charge in [0.1, 0.15) is 0 Å². The first-order chi connectivity index (χ1) is 14.2. The van der Waals surface area contributed by atoms with Gasteiger partial charge in [-0.15, -0.1) is 0 Å². The predicted octanol–water partition coefficient (Wildman–Crippen LogP) is 6.73. The molecule has 0 radical (unpaired) electrons. The van der Waals surface area contributed by atoms with Gasteiger partial charge < -0.3 is 14.8 Å². The zero-order valence-electron chi connectivity index (χ0n) is 17.5. The molecule has 162 valence electrons. The summed E-state index contributed by atoms with van der Waals surface area (Å²) in [7, 11) is 0. The van der Waals surface area contributed by atoms with Crippen molar-refractivity contribution in [2.24, 2.45) is 0 Å². The Kier molecular flexibility index (Phi) is 12.5. The van der Waals surface area contributed by atoms with Gasteiger partial charge in [0, 0.05) is 17.4 Å². The van der Waals surface area contributed by atoms with E-state index in [1.54, 1.807) is 6.20 Å². The Morgan fingerprint density at radius 2 is 1.69 bits per heavy atom. The third kappa shape index (κ3) is 10.5. The molecule has 0 aliphatic heterocycles. The Morgan fingerprint density at radius 1 is 1.03 bits per heavy atom. The predicted molar refractivity (Wildman–Crippen MR) is 124 cm³/mol. The topological polar surface area (TPSA) is 58.1 Å². The van der Waals surface area contributed by atoms with Gasteiger partial charge in [-0.25, -0.2) is 4.98 Å². The molecular weight excluding hydrogens is 404 g/mol. The molecule has 1 atom stereocenters. The molecule has 0 saturated heterocycles. The molecule has 1 aromatic carbocycles. The highest BCUT2D eigenvalue weighted by atomic mass is 35.5. The fourth-order valence-corrected chi connectivity index (χ4v) is 3.99. The van der Waals surface area contributed by atoms with Crippen molar-refractivity contribution in [1.82, 2.24) is 9.97 Å². The number of H-pyrrole nitrogens is 1. The van der Waals surface area contributed by atoms with Crippen LogP contribution >= 0.6 is 23.4 Å². The van der Waals surface area contributed by atoms with Crippen LogP contribution in [0, 0.1) is 0 Å². The molecule has 0 amide bonds. The molecule has 0 aliphatic rings. The summed E-state index contributed by atoms with van der Waals surface area (Å²) in [5.74, 6) is 0.561. The standard InChI is InChI=1S/C23H35ClN2O2S/c1-2-3-4-5-6-7-8-9-10-15-28-17-21(27)18-29-23-25-16-22(26-23)19-11-13-20(24)14-12-19/h11-14,16,21,27H,2-10,15,17-18H2,1H3,(H,25,26). The number of benzene rings is 1. The third-order valence-corrected chi connectivity index (χ3v) is 6.11. The molecule has 4 nitrogen and oxygen atoms in total.